The second kappa shape index (κ2) is 10.5. The number of aliphatic imine (C=N–C) groups is 1. The molecular formula is C21H19IN2O5S. The highest BCUT2D eigenvalue weighted by atomic mass is 127. The number of amidine groups is 1. The summed E-state index contributed by atoms with van der Waals surface area (Å²) in [6.45, 7) is 1.91. The summed E-state index contributed by atoms with van der Waals surface area (Å²) in [5.74, 6) is 0.704. The number of hydrogen-bond donors (Lipinski definition) is 1. The fourth-order valence-corrected chi connectivity index (χ4v) is 4.01. The first-order valence-electron chi connectivity index (χ1n) is 9.00. The van der Waals surface area contributed by atoms with Crippen molar-refractivity contribution in [1.29, 1.82) is 0 Å². The minimum Gasteiger partial charge on any atom is -0.497 e. The highest BCUT2D eigenvalue weighted by Gasteiger charge is 2.24. The molecule has 2 aromatic carbocycles. The van der Waals surface area contributed by atoms with Gasteiger partial charge in [-0.2, -0.15) is 0 Å². The summed E-state index contributed by atoms with van der Waals surface area (Å²) < 4.78 is 16.3. The van der Waals surface area contributed by atoms with Crippen molar-refractivity contribution < 1.29 is 23.8 Å². The van der Waals surface area contributed by atoms with Gasteiger partial charge in [0.25, 0.3) is 5.91 Å². The standard InChI is InChI=1S/C21H19IN2O5S/c1-3-28-19(25)12-29-17-9-4-13(10-16(17)22)11-18-20(26)24-21(30-18)23-14-5-7-15(27-2)8-6-14/h4-11H,3,12H2,1-2H3,(H,23,24,26)/b18-11+. The van der Waals surface area contributed by atoms with Gasteiger partial charge in [0.15, 0.2) is 11.8 Å². The van der Waals surface area contributed by atoms with Gasteiger partial charge in [0.05, 0.1) is 27.9 Å². The summed E-state index contributed by atoms with van der Waals surface area (Å²) in [4.78, 5) is 28.7. The molecule has 0 saturated carbocycles. The van der Waals surface area contributed by atoms with Gasteiger partial charge in [-0.15, -0.1) is 0 Å². The van der Waals surface area contributed by atoms with Crippen LogP contribution in [0.15, 0.2) is 52.4 Å². The second-order valence-electron chi connectivity index (χ2n) is 5.96. The summed E-state index contributed by atoms with van der Waals surface area (Å²) in [6.07, 6.45) is 1.79. The Hall–Kier alpha value is -2.53. The number of methoxy groups -OCH3 is 1. The van der Waals surface area contributed by atoms with E-state index in [1.807, 2.05) is 36.4 Å². The fourth-order valence-electron chi connectivity index (χ4n) is 2.47. The molecule has 1 amide bonds. The molecule has 30 heavy (non-hydrogen) atoms. The number of halogens is 1. The zero-order valence-corrected chi connectivity index (χ0v) is 19.3. The van der Waals surface area contributed by atoms with Gasteiger partial charge < -0.3 is 19.5 Å². The predicted molar refractivity (Wildman–Crippen MR) is 125 cm³/mol. The van der Waals surface area contributed by atoms with E-state index in [2.05, 4.69) is 32.9 Å². The zero-order valence-electron chi connectivity index (χ0n) is 16.3. The van der Waals surface area contributed by atoms with E-state index >= 15 is 0 Å². The number of ether oxygens (including phenoxy) is 3. The van der Waals surface area contributed by atoms with Gasteiger partial charge in [0.2, 0.25) is 0 Å². The Morgan fingerprint density at radius 1 is 1.23 bits per heavy atom. The molecule has 1 aliphatic rings. The van der Waals surface area contributed by atoms with Crippen LogP contribution in [-0.4, -0.2) is 37.4 Å². The maximum absolute atomic E-state index is 12.3. The molecule has 0 aliphatic carbocycles. The Morgan fingerprint density at radius 3 is 2.67 bits per heavy atom. The number of nitrogens with zero attached hydrogens (tertiary/aromatic N) is 1. The molecule has 1 N–H and O–H groups in total. The quantitative estimate of drug-likeness (QED) is 0.324. The Balaban J connectivity index is 1.68. The normalized spacial score (nSPS) is 15.9. The molecule has 1 aliphatic heterocycles. The summed E-state index contributed by atoms with van der Waals surface area (Å²) >= 11 is 3.40. The maximum Gasteiger partial charge on any atom is 0.344 e. The van der Waals surface area contributed by atoms with Crippen LogP contribution in [0.2, 0.25) is 0 Å². The number of esters is 1. The van der Waals surface area contributed by atoms with Crippen molar-refractivity contribution in [1.82, 2.24) is 5.32 Å². The van der Waals surface area contributed by atoms with Crippen molar-refractivity contribution in [3.8, 4) is 11.5 Å². The summed E-state index contributed by atoms with van der Waals surface area (Å²) in [7, 11) is 1.60. The van der Waals surface area contributed by atoms with Crippen molar-refractivity contribution in [2.45, 2.75) is 6.92 Å². The van der Waals surface area contributed by atoms with Crippen LogP contribution in [0.1, 0.15) is 12.5 Å². The lowest BCUT2D eigenvalue weighted by Crippen LogP contribution is -2.19. The Morgan fingerprint density at radius 2 is 2.00 bits per heavy atom. The van der Waals surface area contributed by atoms with Crippen molar-refractivity contribution in [2.24, 2.45) is 4.99 Å². The number of rotatable bonds is 7. The Bertz CT molecular complexity index is 1000. The number of carbonyl (C=O) groups excluding carboxylic acids is 2. The van der Waals surface area contributed by atoms with E-state index in [0.29, 0.717) is 22.4 Å². The minimum absolute atomic E-state index is 0.145. The largest absolute Gasteiger partial charge is 0.497 e. The predicted octanol–water partition coefficient (Wildman–Crippen LogP) is 4.13. The zero-order chi connectivity index (χ0) is 21.5. The number of hydrogen-bond acceptors (Lipinski definition) is 7. The number of nitrogens with one attached hydrogen (secondary N) is 1. The smallest absolute Gasteiger partial charge is 0.344 e. The number of thioether (sulfide) groups is 1. The van der Waals surface area contributed by atoms with Gasteiger partial charge in [-0.05, 0) is 89.3 Å². The van der Waals surface area contributed by atoms with Crippen molar-refractivity contribution in [3.63, 3.8) is 0 Å². The van der Waals surface area contributed by atoms with Crippen molar-refractivity contribution >= 4 is 63.2 Å². The van der Waals surface area contributed by atoms with Crippen LogP contribution in [0.5, 0.6) is 11.5 Å². The summed E-state index contributed by atoms with van der Waals surface area (Å²) in [6, 6.07) is 12.7. The van der Waals surface area contributed by atoms with E-state index in [9.17, 15) is 9.59 Å². The third kappa shape index (κ3) is 5.99. The van der Waals surface area contributed by atoms with Gasteiger partial charge in [0.1, 0.15) is 11.5 Å². The Kier molecular flexibility index (Phi) is 7.75. The highest BCUT2D eigenvalue weighted by Crippen LogP contribution is 2.30. The van der Waals surface area contributed by atoms with Gasteiger partial charge in [0, 0.05) is 0 Å². The molecule has 0 spiro atoms. The molecule has 156 valence electrons. The highest BCUT2D eigenvalue weighted by molar-refractivity contribution is 14.1. The molecule has 3 rings (SSSR count). The molecule has 0 radical (unpaired) electrons. The third-order valence-corrected chi connectivity index (χ3v) is 5.61. The van der Waals surface area contributed by atoms with E-state index < -0.39 is 5.97 Å². The van der Waals surface area contributed by atoms with Gasteiger partial charge >= 0.3 is 5.97 Å². The van der Waals surface area contributed by atoms with E-state index in [-0.39, 0.29) is 12.5 Å². The minimum atomic E-state index is -0.415. The first-order valence-corrected chi connectivity index (χ1v) is 10.9. The molecular weight excluding hydrogens is 519 g/mol. The first kappa shape index (κ1) is 22.2. The van der Waals surface area contributed by atoms with Crippen LogP contribution in [0.3, 0.4) is 0 Å². The first-order chi connectivity index (χ1) is 14.5. The topological polar surface area (TPSA) is 86.2 Å². The van der Waals surface area contributed by atoms with Gasteiger partial charge in [-0.1, -0.05) is 6.07 Å². The molecule has 0 atom stereocenters. The molecule has 9 heteroatoms. The van der Waals surface area contributed by atoms with E-state index in [4.69, 9.17) is 14.2 Å². The molecule has 1 saturated heterocycles. The van der Waals surface area contributed by atoms with Crippen LogP contribution in [-0.2, 0) is 14.3 Å². The van der Waals surface area contributed by atoms with E-state index in [1.54, 1.807) is 26.2 Å². The lowest BCUT2D eigenvalue weighted by atomic mass is 10.2. The van der Waals surface area contributed by atoms with Gasteiger partial charge in [-0.3, -0.25) is 4.79 Å². The lowest BCUT2D eigenvalue weighted by Gasteiger charge is -2.08. The number of amides is 1. The fraction of sp³-hybridized carbons (Fsp3) is 0.190. The van der Waals surface area contributed by atoms with Crippen LogP contribution >= 0.6 is 34.4 Å². The third-order valence-electron chi connectivity index (χ3n) is 3.86. The van der Waals surface area contributed by atoms with Crippen LogP contribution in [0.25, 0.3) is 6.08 Å². The summed E-state index contributed by atoms with van der Waals surface area (Å²) in [5.41, 5.74) is 1.56. The second-order valence-corrected chi connectivity index (χ2v) is 8.16. The SMILES string of the molecule is CCOC(=O)COc1ccc(/C=C2/SC(=Nc3ccc(OC)cc3)NC2=O)cc1I. The Labute approximate surface area is 192 Å². The van der Waals surface area contributed by atoms with Gasteiger partial charge in [-0.25, -0.2) is 9.79 Å². The maximum atomic E-state index is 12.3. The molecule has 0 aromatic heterocycles. The van der Waals surface area contributed by atoms with E-state index in [1.165, 1.54) is 11.8 Å². The monoisotopic (exact) mass is 538 g/mol. The molecule has 1 heterocycles. The number of carbonyl (C=O) groups is 2. The van der Waals surface area contributed by atoms with Crippen LogP contribution < -0.4 is 14.8 Å². The lowest BCUT2D eigenvalue weighted by molar-refractivity contribution is -0.145. The molecule has 7 nitrogen and oxygen atoms in total. The van der Waals surface area contributed by atoms with Crippen molar-refractivity contribution in [2.75, 3.05) is 20.3 Å². The number of benzene rings is 2. The summed E-state index contributed by atoms with van der Waals surface area (Å²) in [5, 5.41) is 3.28. The van der Waals surface area contributed by atoms with Crippen LogP contribution in [0.4, 0.5) is 5.69 Å². The van der Waals surface area contributed by atoms with Crippen molar-refractivity contribution in [3.05, 3.63) is 56.5 Å². The molecule has 2 aromatic rings. The average molecular weight is 538 g/mol. The van der Waals surface area contributed by atoms with Crippen LogP contribution in [0, 0.1) is 3.57 Å². The average Bonchev–Trinajstić information content (AvgIpc) is 3.07. The molecule has 0 unspecified atom stereocenters. The van der Waals surface area contributed by atoms with E-state index in [0.717, 1.165) is 20.6 Å². The molecule has 1 fully saturated rings. The molecule has 0 bridgehead atoms.